The number of halogens is 1. The Balaban J connectivity index is 1.87. The van der Waals surface area contributed by atoms with E-state index in [1.165, 1.54) is 0 Å². The minimum Gasteiger partial charge on any atom is -0.322 e. The maximum atomic E-state index is 12.7. The summed E-state index contributed by atoms with van der Waals surface area (Å²) < 4.78 is 0. The molecular formula is C21H18ClN3O. The van der Waals surface area contributed by atoms with E-state index in [4.69, 9.17) is 11.6 Å². The summed E-state index contributed by atoms with van der Waals surface area (Å²) in [5, 5.41) is 12.0. The van der Waals surface area contributed by atoms with Crippen molar-refractivity contribution in [1.29, 1.82) is 0 Å². The van der Waals surface area contributed by atoms with Crippen molar-refractivity contribution in [3.63, 3.8) is 0 Å². The molecule has 0 radical (unpaired) electrons. The summed E-state index contributed by atoms with van der Waals surface area (Å²) in [6.07, 6.45) is 0. The number of rotatable bonds is 4. The fourth-order valence-electron chi connectivity index (χ4n) is 2.45. The predicted molar refractivity (Wildman–Crippen MR) is 106 cm³/mol. The molecule has 0 saturated heterocycles. The quantitative estimate of drug-likeness (QED) is 0.520. The molecule has 0 aliphatic carbocycles. The Morgan fingerprint density at radius 1 is 0.885 bits per heavy atom. The average molecular weight is 364 g/mol. The second-order valence-electron chi connectivity index (χ2n) is 6.02. The first-order chi connectivity index (χ1) is 12.5. The van der Waals surface area contributed by atoms with E-state index in [9.17, 15) is 4.79 Å². The van der Waals surface area contributed by atoms with Crippen molar-refractivity contribution in [2.75, 3.05) is 5.32 Å². The largest absolute Gasteiger partial charge is 0.322 e. The molecule has 0 heterocycles. The molecule has 1 N–H and O–H groups in total. The Hall–Kier alpha value is -2.98. The highest BCUT2D eigenvalue weighted by atomic mass is 35.5. The zero-order chi connectivity index (χ0) is 18.5. The minimum atomic E-state index is -0.245. The summed E-state index contributed by atoms with van der Waals surface area (Å²) in [5.74, 6) is -0.245. The van der Waals surface area contributed by atoms with Gasteiger partial charge in [0, 0.05) is 10.7 Å². The van der Waals surface area contributed by atoms with Gasteiger partial charge in [0.25, 0.3) is 5.91 Å². The molecule has 0 bridgehead atoms. The molecule has 3 rings (SSSR count). The number of hydrogen-bond acceptors (Lipinski definition) is 3. The lowest BCUT2D eigenvalue weighted by Crippen LogP contribution is -2.12. The Kier molecular flexibility index (Phi) is 5.44. The number of aryl methyl sites for hydroxylation is 2. The van der Waals surface area contributed by atoms with Crippen LogP contribution in [-0.2, 0) is 0 Å². The third kappa shape index (κ3) is 4.55. The molecule has 26 heavy (non-hydrogen) atoms. The van der Waals surface area contributed by atoms with E-state index >= 15 is 0 Å². The van der Waals surface area contributed by atoms with Gasteiger partial charge in [-0.05, 0) is 73.5 Å². The van der Waals surface area contributed by atoms with Gasteiger partial charge in [0.15, 0.2) is 0 Å². The number of azo groups is 1. The second kappa shape index (κ2) is 7.93. The molecule has 1 amide bonds. The zero-order valence-electron chi connectivity index (χ0n) is 14.5. The average Bonchev–Trinajstić information content (AvgIpc) is 2.62. The van der Waals surface area contributed by atoms with Gasteiger partial charge in [-0.15, -0.1) is 5.11 Å². The van der Waals surface area contributed by atoms with Gasteiger partial charge in [-0.1, -0.05) is 29.8 Å². The van der Waals surface area contributed by atoms with Crippen molar-refractivity contribution in [1.82, 2.24) is 0 Å². The number of hydrogen-bond donors (Lipinski definition) is 1. The van der Waals surface area contributed by atoms with Crippen molar-refractivity contribution in [2.24, 2.45) is 10.2 Å². The summed E-state index contributed by atoms with van der Waals surface area (Å²) in [5.41, 5.74) is 4.51. The van der Waals surface area contributed by atoms with Crippen LogP contribution in [0.3, 0.4) is 0 Å². The van der Waals surface area contributed by atoms with Crippen LogP contribution in [-0.4, -0.2) is 5.91 Å². The van der Waals surface area contributed by atoms with Gasteiger partial charge in [0.1, 0.15) is 0 Å². The van der Waals surface area contributed by atoms with E-state index in [1.807, 2.05) is 50.2 Å². The van der Waals surface area contributed by atoms with Crippen LogP contribution in [0.4, 0.5) is 17.1 Å². The number of nitrogens with one attached hydrogen (secondary N) is 1. The molecule has 5 heteroatoms. The molecule has 0 aliphatic rings. The van der Waals surface area contributed by atoms with Gasteiger partial charge in [-0.25, -0.2) is 0 Å². The minimum absolute atomic E-state index is 0.245. The summed E-state index contributed by atoms with van der Waals surface area (Å²) in [6, 6.07) is 20.2. The Bertz CT molecular complexity index is 965. The topological polar surface area (TPSA) is 53.8 Å². The fourth-order valence-corrected chi connectivity index (χ4v) is 2.58. The van der Waals surface area contributed by atoms with E-state index in [0.717, 1.165) is 16.8 Å². The standard InChI is InChI=1S/C21H18ClN3O/c1-14-4-3-5-18(12-14)24-25-20-13-15(2)6-11-19(20)21(26)23-17-9-7-16(22)8-10-17/h3-13H,1-2H3,(H,23,26). The predicted octanol–water partition coefficient (Wildman–Crippen LogP) is 6.62. The SMILES string of the molecule is Cc1cccc(N=Nc2cc(C)ccc2C(=O)Nc2ccc(Cl)cc2)c1. The third-order valence-electron chi connectivity index (χ3n) is 3.77. The van der Waals surface area contributed by atoms with Crippen molar-refractivity contribution in [2.45, 2.75) is 13.8 Å². The van der Waals surface area contributed by atoms with E-state index in [1.54, 1.807) is 30.3 Å². The maximum absolute atomic E-state index is 12.7. The summed E-state index contributed by atoms with van der Waals surface area (Å²) in [4.78, 5) is 12.7. The lowest BCUT2D eigenvalue weighted by Gasteiger charge is -2.08. The molecule has 3 aromatic rings. The molecule has 130 valence electrons. The van der Waals surface area contributed by atoms with Crippen LogP contribution in [0, 0.1) is 13.8 Å². The van der Waals surface area contributed by atoms with E-state index in [2.05, 4.69) is 15.5 Å². The lowest BCUT2D eigenvalue weighted by molar-refractivity contribution is 0.102. The number of benzene rings is 3. The number of carbonyl (C=O) groups is 1. The van der Waals surface area contributed by atoms with E-state index < -0.39 is 0 Å². The van der Waals surface area contributed by atoms with Crippen LogP contribution < -0.4 is 5.32 Å². The molecule has 0 saturated carbocycles. The number of anilines is 1. The lowest BCUT2D eigenvalue weighted by atomic mass is 10.1. The van der Waals surface area contributed by atoms with Crippen molar-refractivity contribution < 1.29 is 4.79 Å². The molecule has 3 aromatic carbocycles. The zero-order valence-corrected chi connectivity index (χ0v) is 15.3. The highest BCUT2D eigenvalue weighted by Gasteiger charge is 2.12. The van der Waals surface area contributed by atoms with Gasteiger partial charge in [-0.3, -0.25) is 4.79 Å². The van der Waals surface area contributed by atoms with Crippen molar-refractivity contribution >= 4 is 34.6 Å². The highest BCUT2D eigenvalue weighted by Crippen LogP contribution is 2.25. The van der Waals surface area contributed by atoms with Crippen LogP contribution in [0.1, 0.15) is 21.5 Å². The van der Waals surface area contributed by atoms with Gasteiger partial charge >= 0.3 is 0 Å². The molecule has 0 aliphatic heterocycles. The van der Waals surface area contributed by atoms with Gasteiger partial charge in [0.2, 0.25) is 0 Å². The second-order valence-corrected chi connectivity index (χ2v) is 6.46. The number of nitrogens with zero attached hydrogens (tertiary/aromatic N) is 2. The van der Waals surface area contributed by atoms with Crippen LogP contribution in [0.5, 0.6) is 0 Å². The molecule has 0 unspecified atom stereocenters. The van der Waals surface area contributed by atoms with Crippen LogP contribution in [0.2, 0.25) is 5.02 Å². The van der Waals surface area contributed by atoms with Crippen LogP contribution in [0.25, 0.3) is 0 Å². The summed E-state index contributed by atoms with van der Waals surface area (Å²) in [6.45, 7) is 3.95. The van der Waals surface area contributed by atoms with Gasteiger partial charge in [-0.2, -0.15) is 5.11 Å². The molecule has 0 fully saturated rings. The Morgan fingerprint density at radius 3 is 2.35 bits per heavy atom. The van der Waals surface area contributed by atoms with Crippen LogP contribution >= 0.6 is 11.6 Å². The number of amides is 1. The molecule has 0 atom stereocenters. The monoisotopic (exact) mass is 363 g/mol. The Labute approximate surface area is 157 Å². The van der Waals surface area contributed by atoms with Gasteiger partial charge in [0.05, 0.1) is 16.9 Å². The molecule has 0 aromatic heterocycles. The first-order valence-corrected chi connectivity index (χ1v) is 8.55. The Morgan fingerprint density at radius 2 is 1.62 bits per heavy atom. The summed E-state index contributed by atoms with van der Waals surface area (Å²) >= 11 is 5.88. The smallest absolute Gasteiger partial charge is 0.257 e. The van der Waals surface area contributed by atoms with E-state index in [-0.39, 0.29) is 5.91 Å². The third-order valence-corrected chi connectivity index (χ3v) is 4.03. The highest BCUT2D eigenvalue weighted by molar-refractivity contribution is 6.30. The normalized spacial score (nSPS) is 10.9. The van der Waals surface area contributed by atoms with Gasteiger partial charge < -0.3 is 5.32 Å². The van der Waals surface area contributed by atoms with Crippen LogP contribution in [0.15, 0.2) is 77.0 Å². The first kappa shape index (κ1) is 17.8. The van der Waals surface area contributed by atoms with E-state index in [0.29, 0.717) is 22.0 Å². The fraction of sp³-hybridized carbons (Fsp3) is 0.0952. The number of carbonyl (C=O) groups excluding carboxylic acids is 1. The maximum Gasteiger partial charge on any atom is 0.257 e. The van der Waals surface area contributed by atoms with Crippen molar-refractivity contribution in [3.05, 3.63) is 88.4 Å². The van der Waals surface area contributed by atoms with Crippen molar-refractivity contribution in [3.8, 4) is 0 Å². The molecule has 0 spiro atoms. The first-order valence-electron chi connectivity index (χ1n) is 8.17. The molecule has 4 nitrogen and oxygen atoms in total. The summed E-state index contributed by atoms with van der Waals surface area (Å²) in [7, 11) is 0. The molecular weight excluding hydrogens is 346 g/mol.